The molecule has 0 radical (unpaired) electrons. The molecule has 2 amide bonds. The Labute approximate surface area is 180 Å². The van der Waals surface area contributed by atoms with E-state index in [9.17, 15) is 14.3 Å². The van der Waals surface area contributed by atoms with E-state index in [1.54, 1.807) is 25.3 Å². The van der Waals surface area contributed by atoms with E-state index in [1.165, 1.54) is 6.07 Å². The van der Waals surface area contributed by atoms with Crippen LogP contribution in [-0.2, 0) is 0 Å². The van der Waals surface area contributed by atoms with Crippen LogP contribution < -0.4 is 16.4 Å². The predicted molar refractivity (Wildman–Crippen MR) is 121 cm³/mol. The average molecular weight is 426 g/mol. The van der Waals surface area contributed by atoms with E-state index in [2.05, 4.69) is 20.6 Å². The zero-order valence-corrected chi connectivity index (χ0v) is 18.4. The number of aromatic nitrogens is 2. The number of hydrogen-bond acceptors (Lipinski definition) is 5. The molecular weight excluding hydrogens is 397 g/mol. The number of nitrogens with zero attached hydrogens (tertiary/aromatic N) is 2. The van der Waals surface area contributed by atoms with Gasteiger partial charge in [0.25, 0.3) is 0 Å². The molecule has 8 heteroatoms. The third-order valence-electron chi connectivity index (χ3n) is 5.22. The molecule has 2 aromatic heterocycles. The van der Waals surface area contributed by atoms with Gasteiger partial charge in [-0.15, -0.1) is 0 Å². The van der Waals surface area contributed by atoms with Gasteiger partial charge in [0.2, 0.25) is 0 Å². The third kappa shape index (κ3) is 5.08. The van der Waals surface area contributed by atoms with Gasteiger partial charge in [-0.2, -0.15) is 0 Å². The molecule has 0 aliphatic carbocycles. The van der Waals surface area contributed by atoms with Gasteiger partial charge in [-0.3, -0.25) is 4.98 Å². The lowest BCUT2D eigenvalue weighted by molar-refractivity contribution is 0.0654. The standard InChI is InChI=1S/C23H28FN5O2/c1-12-6-17(24)19(29-22(31)27-11-20(30)23(3,4)5)8-15(12)16-7-14-10-26-21(25)9-18(14)28-13(16)2/h6-10,20,30H,11H2,1-5H3,(H2,25,26)(H2,27,29,31)/t20-/m0/s1. The summed E-state index contributed by atoms with van der Waals surface area (Å²) in [6.45, 7) is 9.32. The predicted octanol–water partition coefficient (Wildman–Crippen LogP) is 4.16. The van der Waals surface area contributed by atoms with Crippen molar-refractivity contribution in [2.45, 2.75) is 40.7 Å². The van der Waals surface area contributed by atoms with Gasteiger partial charge in [0.05, 0.1) is 17.3 Å². The Kier molecular flexibility index (Phi) is 6.13. The number of halogens is 1. The zero-order chi connectivity index (χ0) is 22.9. The third-order valence-corrected chi connectivity index (χ3v) is 5.22. The largest absolute Gasteiger partial charge is 0.391 e. The van der Waals surface area contributed by atoms with Gasteiger partial charge in [-0.05, 0) is 48.6 Å². The summed E-state index contributed by atoms with van der Waals surface area (Å²) in [6, 6.07) is 6.00. The minimum Gasteiger partial charge on any atom is -0.391 e. The summed E-state index contributed by atoms with van der Waals surface area (Å²) in [4.78, 5) is 21.0. The number of fused-ring (bicyclic) bond motifs is 1. The van der Waals surface area contributed by atoms with Crippen molar-refractivity contribution in [3.05, 3.63) is 47.5 Å². The Morgan fingerprint density at radius 1 is 1.19 bits per heavy atom. The lowest BCUT2D eigenvalue weighted by atomic mass is 9.89. The van der Waals surface area contributed by atoms with E-state index < -0.39 is 18.0 Å². The fourth-order valence-corrected chi connectivity index (χ4v) is 3.17. The molecule has 0 aliphatic heterocycles. The Balaban J connectivity index is 1.89. The van der Waals surface area contributed by atoms with E-state index >= 15 is 0 Å². The van der Waals surface area contributed by atoms with E-state index in [0.29, 0.717) is 11.4 Å². The number of benzene rings is 1. The number of nitrogen functional groups attached to an aromatic ring is 1. The highest BCUT2D eigenvalue weighted by Gasteiger charge is 2.22. The monoisotopic (exact) mass is 425 g/mol. The van der Waals surface area contributed by atoms with E-state index in [0.717, 1.165) is 27.7 Å². The van der Waals surface area contributed by atoms with Crippen LogP contribution in [0, 0.1) is 25.1 Å². The van der Waals surface area contributed by atoms with E-state index in [4.69, 9.17) is 5.73 Å². The number of carbonyl (C=O) groups excluding carboxylic acids is 1. The van der Waals surface area contributed by atoms with Crippen molar-refractivity contribution < 1.29 is 14.3 Å². The number of nitrogens with one attached hydrogen (secondary N) is 2. The summed E-state index contributed by atoms with van der Waals surface area (Å²) in [5, 5.41) is 16.0. The highest BCUT2D eigenvalue weighted by molar-refractivity contribution is 5.92. The summed E-state index contributed by atoms with van der Waals surface area (Å²) in [5.41, 5.74) is 9.14. The van der Waals surface area contributed by atoms with Crippen LogP contribution in [0.2, 0.25) is 0 Å². The molecule has 0 aliphatic rings. The van der Waals surface area contributed by atoms with E-state index in [-0.39, 0.29) is 17.6 Å². The van der Waals surface area contributed by atoms with Crippen LogP contribution in [0.1, 0.15) is 32.0 Å². The second kappa shape index (κ2) is 8.47. The van der Waals surface area contributed by atoms with Crippen LogP contribution in [-0.4, -0.2) is 33.8 Å². The number of aryl methyl sites for hydroxylation is 2. The summed E-state index contributed by atoms with van der Waals surface area (Å²) >= 11 is 0. The van der Waals surface area contributed by atoms with Crippen molar-refractivity contribution in [1.29, 1.82) is 0 Å². The summed E-state index contributed by atoms with van der Waals surface area (Å²) in [5.74, 6) is -0.159. The molecule has 164 valence electrons. The Bertz CT molecular complexity index is 1140. The van der Waals surface area contributed by atoms with Gasteiger partial charge in [0.15, 0.2) is 0 Å². The summed E-state index contributed by atoms with van der Waals surface area (Å²) in [6.07, 6.45) is 0.915. The van der Waals surface area contributed by atoms with Crippen molar-refractivity contribution in [2.24, 2.45) is 5.41 Å². The maximum Gasteiger partial charge on any atom is 0.319 e. The molecule has 0 fully saturated rings. The maximum absolute atomic E-state index is 14.6. The minimum absolute atomic E-state index is 0.0401. The van der Waals surface area contributed by atoms with Gasteiger partial charge < -0.3 is 21.5 Å². The van der Waals surface area contributed by atoms with Crippen LogP contribution in [0.3, 0.4) is 0 Å². The number of urea groups is 1. The molecule has 0 bridgehead atoms. The fraction of sp³-hybridized carbons (Fsp3) is 0.348. The number of pyridine rings is 2. The molecule has 2 heterocycles. The molecule has 1 aromatic carbocycles. The van der Waals surface area contributed by atoms with Crippen molar-refractivity contribution in [3.8, 4) is 11.1 Å². The van der Waals surface area contributed by atoms with Crippen LogP contribution >= 0.6 is 0 Å². The highest BCUT2D eigenvalue weighted by atomic mass is 19.1. The summed E-state index contributed by atoms with van der Waals surface area (Å²) < 4.78 is 14.6. The normalized spacial score (nSPS) is 12.6. The number of rotatable bonds is 4. The molecule has 31 heavy (non-hydrogen) atoms. The van der Waals surface area contributed by atoms with Crippen LogP contribution in [0.25, 0.3) is 22.0 Å². The van der Waals surface area contributed by atoms with Crippen molar-refractivity contribution >= 4 is 28.4 Å². The number of anilines is 2. The first kappa shape index (κ1) is 22.4. The number of aliphatic hydroxyl groups excluding tert-OH is 1. The topological polar surface area (TPSA) is 113 Å². The van der Waals surface area contributed by atoms with Gasteiger partial charge in [0.1, 0.15) is 11.6 Å². The smallest absolute Gasteiger partial charge is 0.319 e. The molecule has 0 spiro atoms. The number of carbonyl (C=O) groups is 1. The van der Waals surface area contributed by atoms with Crippen molar-refractivity contribution in [2.75, 3.05) is 17.6 Å². The molecule has 5 N–H and O–H groups in total. The maximum atomic E-state index is 14.6. The first-order chi connectivity index (χ1) is 14.5. The van der Waals surface area contributed by atoms with E-state index in [1.807, 2.05) is 33.8 Å². The molecule has 1 atom stereocenters. The molecule has 0 saturated heterocycles. The number of nitrogens with two attached hydrogens (primary N) is 1. The van der Waals surface area contributed by atoms with Crippen molar-refractivity contribution in [1.82, 2.24) is 15.3 Å². The number of hydrogen-bond donors (Lipinski definition) is 4. The van der Waals surface area contributed by atoms with Crippen LogP contribution in [0.4, 0.5) is 20.7 Å². The fourth-order valence-electron chi connectivity index (χ4n) is 3.17. The molecule has 3 aromatic rings. The molecular formula is C23H28FN5O2. The van der Waals surface area contributed by atoms with Crippen LogP contribution in [0.5, 0.6) is 0 Å². The first-order valence-corrected chi connectivity index (χ1v) is 10.0. The highest BCUT2D eigenvalue weighted by Crippen LogP contribution is 2.32. The molecule has 0 saturated carbocycles. The number of aliphatic hydroxyl groups is 1. The molecule has 7 nitrogen and oxygen atoms in total. The second-order valence-electron chi connectivity index (χ2n) is 8.79. The zero-order valence-electron chi connectivity index (χ0n) is 18.4. The Hall–Kier alpha value is -3.26. The van der Waals surface area contributed by atoms with Gasteiger partial charge >= 0.3 is 6.03 Å². The van der Waals surface area contributed by atoms with Gasteiger partial charge in [-0.1, -0.05) is 20.8 Å². The minimum atomic E-state index is -0.731. The first-order valence-electron chi connectivity index (χ1n) is 10.0. The van der Waals surface area contributed by atoms with Crippen LogP contribution in [0.15, 0.2) is 30.5 Å². The van der Waals surface area contributed by atoms with Crippen molar-refractivity contribution in [3.63, 3.8) is 0 Å². The lowest BCUT2D eigenvalue weighted by Gasteiger charge is -2.26. The second-order valence-corrected chi connectivity index (χ2v) is 8.79. The van der Waals surface area contributed by atoms with Gasteiger partial charge in [-0.25, -0.2) is 14.2 Å². The SMILES string of the molecule is Cc1cc(F)c(NC(=O)NC[C@H](O)C(C)(C)C)cc1-c1cc2cnc(N)cc2nc1C. The van der Waals surface area contributed by atoms with Gasteiger partial charge in [0, 0.05) is 35.5 Å². The number of amides is 2. The average Bonchev–Trinajstić information content (AvgIpc) is 2.67. The quantitative estimate of drug-likeness (QED) is 0.501. The molecule has 3 rings (SSSR count). The Morgan fingerprint density at radius 2 is 1.90 bits per heavy atom. The summed E-state index contributed by atoms with van der Waals surface area (Å²) in [7, 11) is 0. The molecule has 0 unspecified atom stereocenters. The lowest BCUT2D eigenvalue weighted by Crippen LogP contribution is -2.41. The Morgan fingerprint density at radius 3 is 2.58 bits per heavy atom.